The average Bonchev–Trinajstić information content (AvgIpc) is 3.45. The first-order valence-electron chi connectivity index (χ1n) is 9.69. The molecule has 1 aromatic heterocycles. The van der Waals surface area contributed by atoms with Crippen LogP contribution in [0, 0.1) is 5.82 Å². The maximum absolute atomic E-state index is 15.3. The Morgan fingerprint density at radius 2 is 2.10 bits per heavy atom. The summed E-state index contributed by atoms with van der Waals surface area (Å²) in [6.45, 7) is 2.06. The maximum Gasteiger partial charge on any atom is 0.326 e. The molecule has 2 aromatic rings. The van der Waals surface area contributed by atoms with Gasteiger partial charge in [0, 0.05) is 30.3 Å². The second kappa shape index (κ2) is 6.57. The highest BCUT2D eigenvalue weighted by Gasteiger charge is 2.41. The number of hydrogen-bond acceptors (Lipinski definition) is 7. The van der Waals surface area contributed by atoms with E-state index >= 15 is 4.39 Å². The molecule has 4 heterocycles. The van der Waals surface area contributed by atoms with E-state index in [9.17, 15) is 18.3 Å². The molecular formula is C18H21FN6O4S. The highest BCUT2D eigenvalue weighted by atomic mass is 32.2. The van der Waals surface area contributed by atoms with Crippen LogP contribution in [0.1, 0.15) is 19.3 Å². The number of halogens is 1. The number of nitrogens with zero attached hydrogens (tertiary/aromatic N) is 3. The Morgan fingerprint density at radius 1 is 1.27 bits per heavy atom. The number of phenols is 1. The summed E-state index contributed by atoms with van der Waals surface area (Å²) in [6.07, 6.45) is 3.28. The van der Waals surface area contributed by atoms with Crippen LogP contribution >= 0.6 is 0 Å². The molecule has 3 fully saturated rings. The minimum absolute atomic E-state index is 0.0454. The molecular weight excluding hydrogens is 415 g/mol. The molecule has 0 aliphatic carbocycles. The zero-order valence-corrected chi connectivity index (χ0v) is 16.8. The van der Waals surface area contributed by atoms with E-state index in [1.54, 1.807) is 10.8 Å². The second-order valence-corrected chi connectivity index (χ2v) is 9.55. The first kappa shape index (κ1) is 19.1. The van der Waals surface area contributed by atoms with E-state index in [4.69, 9.17) is 0 Å². The molecule has 160 valence electrons. The second-order valence-electron chi connectivity index (χ2n) is 7.95. The summed E-state index contributed by atoms with van der Waals surface area (Å²) in [6, 6.07) is 4.24. The SMILES string of the molecule is O=C1CN(c2c(O)ccc(-c3cc(N4CCC5(CCCN5)C4)n[nH]3)c2F)S(=O)(=O)N1. The predicted octanol–water partition coefficient (Wildman–Crippen LogP) is 0.435. The Kier molecular flexibility index (Phi) is 4.19. The Balaban J connectivity index is 1.47. The molecule has 1 spiro atoms. The van der Waals surface area contributed by atoms with Gasteiger partial charge in [0.1, 0.15) is 18.0 Å². The van der Waals surface area contributed by atoms with Gasteiger partial charge in [0.2, 0.25) is 0 Å². The lowest BCUT2D eigenvalue weighted by Gasteiger charge is -2.24. The number of nitrogens with one attached hydrogen (secondary N) is 3. The minimum Gasteiger partial charge on any atom is -0.506 e. The van der Waals surface area contributed by atoms with Gasteiger partial charge in [-0.15, -0.1) is 0 Å². The Bertz CT molecular complexity index is 1130. The van der Waals surface area contributed by atoms with Gasteiger partial charge in [0.05, 0.1) is 5.69 Å². The van der Waals surface area contributed by atoms with Crippen LogP contribution in [0.4, 0.5) is 15.9 Å². The number of hydrogen-bond donors (Lipinski definition) is 4. The van der Waals surface area contributed by atoms with Gasteiger partial charge in [-0.2, -0.15) is 13.5 Å². The smallest absolute Gasteiger partial charge is 0.326 e. The molecule has 1 aromatic carbocycles. The quantitative estimate of drug-likeness (QED) is 0.549. The maximum atomic E-state index is 15.3. The normalized spacial score (nSPS) is 25.4. The van der Waals surface area contributed by atoms with Crippen molar-refractivity contribution in [3.8, 4) is 17.0 Å². The van der Waals surface area contributed by atoms with Crippen LogP contribution in [0.25, 0.3) is 11.3 Å². The Labute approximate surface area is 172 Å². The topological polar surface area (TPSA) is 131 Å². The fourth-order valence-electron chi connectivity index (χ4n) is 4.54. The van der Waals surface area contributed by atoms with Crippen LogP contribution in [0.5, 0.6) is 5.75 Å². The van der Waals surface area contributed by atoms with E-state index in [0.717, 1.165) is 38.9 Å². The molecule has 30 heavy (non-hydrogen) atoms. The zero-order valence-electron chi connectivity index (χ0n) is 16.0. The van der Waals surface area contributed by atoms with E-state index in [0.29, 0.717) is 15.8 Å². The number of rotatable bonds is 3. The summed E-state index contributed by atoms with van der Waals surface area (Å²) in [4.78, 5) is 13.6. The standard InChI is InChI=1S/C18H21FN6O4S/c19-16-11(2-3-13(26)17(16)25-9-15(27)23-30(25,28)29)12-8-14(22-21-12)24-7-5-18(10-24)4-1-6-20-18/h2-3,8,20,26H,1,4-7,9-10H2,(H,21,22)(H,23,27). The Morgan fingerprint density at radius 3 is 2.80 bits per heavy atom. The van der Waals surface area contributed by atoms with Crippen molar-refractivity contribution in [2.75, 3.05) is 35.4 Å². The molecule has 0 saturated carbocycles. The summed E-state index contributed by atoms with van der Waals surface area (Å²) >= 11 is 0. The van der Waals surface area contributed by atoms with Gasteiger partial charge >= 0.3 is 10.2 Å². The number of carbonyl (C=O) groups is 1. The van der Waals surface area contributed by atoms with Crippen LogP contribution in [0.15, 0.2) is 18.2 Å². The molecule has 3 aliphatic rings. The average molecular weight is 436 g/mol. The summed E-state index contributed by atoms with van der Waals surface area (Å²) < 4.78 is 41.8. The van der Waals surface area contributed by atoms with Crippen molar-refractivity contribution in [1.82, 2.24) is 20.2 Å². The number of anilines is 2. The van der Waals surface area contributed by atoms with Gasteiger partial charge in [-0.1, -0.05) is 0 Å². The molecule has 0 bridgehead atoms. The summed E-state index contributed by atoms with van der Waals surface area (Å²) in [7, 11) is -4.26. The molecule has 4 N–H and O–H groups in total. The molecule has 12 heteroatoms. The molecule has 3 aliphatic heterocycles. The monoisotopic (exact) mass is 436 g/mol. The van der Waals surface area contributed by atoms with Gasteiger partial charge in [0.15, 0.2) is 11.6 Å². The van der Waals surface area contributed by atoms with Crippen molar-refractivity contribution in [3.63, 3.8) is 0 Å². The largest absolute Gasteiger partial charge is 0.506 e. The summed E-state index contributed by atoms with van der Waals surface area (Å²) in [5.74, 6) is -1.66. The van der Waals surface area contributed by atoms with E-state index in [-0.39, 0.29) is 11.1 Å². The van der Waals surface area contributed by atoms with Crippen LogP contribution in [0.2, 0.25) is 0 Å². The van der Waals surface area contributed by atoms with Crippen LogP contribution in [0.3, 0.4) is 0 Å². The first-order valence-corrected chi connectivity index (χ1v) is 11.1. The van der Waals surface area contributed by atoms with E-state index in [2.05, 4.69) is 20.4 Å². The van der Waals surface area contributed by atoms with Gasteiger partial charge in [0.25, 0.3) is 5.91 Å². The van der Waals surface area contributed by atoms with Crippen molar-refractivity contribution in [3.05, 3.63) is 24.0 Å². The molecule has 1 atom stereocenters. The Hall–Kier alpha value is -2.86. The number of aromatic amines is 1. The number of phenolic OH excluding ortho intramolecular Hbond substituents is 1. The van der Waals surface area contributed by atoms with Crippen molar-refractivity contribution < 1.29 is 22.7 Å². The first-order chi connectivity index (χ1) is 14.3. The van der Waals surface area contributed by atoms with E-state index < -0.39 is 39.9 Å². The fraction of sp³-hybridized carbons (Fsp3) is 0.444. The number of H-pyrrole nitrogens is 1. The third kappa shape index (κ3) is 2.98. The highest BCUT2D eigenvalue weighted by Crippen LogP contribution is 2.39. The predicted molar refractivity (Wildman–Crippen MR) is 107 cm³/mol. The lowest BCUT2D eigenvalue weighted by Crippen LogP contribution is -2.42. The van der Waals surface area contributed by atoms with Gasteiger partial charge < -0.3 is 15.3 Å². The molecule has 1 amide bonds. The van der Waals surface area contributed by atoms with Gasteiger partial charge in [-0.05, 0) is 37.9 Å². The van der Waals surface area contributed by atoms with Gasteiger partial charge in [-0.25, -0.2) is 13.4 Å². The van der Waals surface area contributed by atoms with Crippen molar-refractivity contribution in [2.24, 2.45) is 0 Å². The van der Waals surface area contributed by atoms with Crippen molar-refractivity contribution >= 4 is 27.6 Å². The molecule has 10 nitrogen and oxygen atoms in total. The number of aromatic hydroxyl groups is 1. The molecule has 0 radical (unpaired) electrons. The lowest BCUT2D eigenvalue weighted by molar-refractivity contribution is -0.117. The number of amides is 1. The van der Waals surface area contributed by atoms with Crippen LogP contribution in [-0.2, 0) is 15.0 Å². The van der Waals surface area contributed by atoms with Gasteiger partial charge in [-0.3, -0.25) is 9.89 Å². The molecule has 3 saturated heterocycles. The fourth-order valence-corrected chi connectivity index (χ4v) is 5.71. The van der Waals surface area contributed by atoms with Crippen LogP contribution < -0.4 is 19.2 Å². The summed E-state index contributed by atoms with van der Waals surface area (Å²) in [5.41, 5.74) is -0.0686. The van der Waals surface area contributed by atoms with E-state index in [1.165, 1.54) is 12.1 Å². The lowest BCUT2D eigenvalue weighted by atomic mass is 9.97. The zero-order chi connectivity index (χ0) is 21.1. The van der Waals surface area contributed by atoms with E-state index in [1.807, 2.05) is 0 Å². The number of carbonyl (C=O) groups excluding carboxylic acids is 1. The molecule has 5 rings (SSSR count). The third-order valence-corrected chi connectivity index (χ3v) is 7.41. The van der Waals surface area contributed by atoms with Crippen molar-refractivity contribution in [2.45, 2.75) is 24.8 Å². The highest BCUT2D eigenvalue weighted by molar-refractivity contribution is 7.92. The minimum atomic E-state index is -4.26. The number of aromatic nitrogens is 2. The third-order valence-electron chi connectivity index (χ3n) is 6.03. The van der Waals surface area contributed by atoms with Crippen LogP contribution in [-0.4, -0.2) is 61.3 Å². The van der Waals surface area contributed by atoms with Crippen molar-refractivity contribution in [1.29, 1.82) is 0 Å². The molecule has 1 unspecified atom stereocenters. The number of benzene rings is 1. The summed E-state index contributed by atoms with van der Waals surface area (Å²) in [5, 5.41) is 20.8.